The number of carbonyl (C=O) groups is 1. The molecule has 24 heavy (non-hydrogen) atoms. The van der Waals surface area contributed by atoms with Gasteiger partial charge in [0.05, 0.1) is 5.71 Å². The van der Waals surface area contributed by atoms with Gasteiger partial charge in [0.15, 0.2) is 0 Å². The minimum atomic E-state index is 0.0276. The van der Waals surface area contributed by atoms with Gasteiger partial charge >= 0.3 is 0 Å². The summed E-state index contributed by atoms with van der Waals surface area (Å²) in [5.41, 5.74) is 4.71. The molecule has 0 aliphatic rings. The Morgan fingerprint density at radius 3 is 2.04 bits per heavy atom. The Morgan fingerprint density at radius 1 is 0.875 bits per heavy atom. The Labute approximate surface area is 147 Å². The SMILES string of the molecule is CCCCCCCCCCCC(=O)NN=C(CC)c1ccccc1. The Morgan fingerprint density at radius 2 is 1.46 bits per heavy atom. The number of hydrogen-bond acceptors (Lipinski definition) is 2. The van der Waals surface area contributed by atoms with Crippen LogP contribution in [0.15, 0.2) is 35.4 Å². The van der Waals surface area contributed by atoms with E-state index < -0.39 is 0 Å². The van der Waals surface area contributed by atoms with E-state index in [1.807, 2.05) is 30.3 Å². The highest BCUT2D eigenvalue weighted by molar-refractivity contribution is 6.00. The van der Waals surface area contributed by atoms with Crippen LogP contribution in [0.4, 0.5) is 0 Å². The van der Waals surface area contributed by atoms with Crippen molar-refractivity contribution in [2.75, 3.05) is 0 Å². The van der Waals surface area contributed by atoms with Gasteiger partial charge in [-0.3, -0.25) is 4.79 Å². The van der Waals surface area contributed by atoms with Crippen LogP contribution in [-0.4, -0.2) is 11.6 Å². The Balaban J connectivity index is 2.12. The van der Waals surface area contributed by atoms with Crippen LogP contribution in [-0.2, 0) is 4.79 Å². The van der Waals surface area contributed by atoms with Crippen molar-refractivity contribution in [1.29, 1.82) is 0 Å². The smallest absolute Gasteiger partial charge is 0.240 e. The van der Waals surface area contributed by atoms with E-state index in [1.54, 1.807) is 0 Å². The Hall–Kier alpha value is -1.64. The molecule has 0 bridgehead atoms. The quantitative estimate of drug-likeness (QED) is 0.275. The first-order valence-electron chi connectivity index (χ1n) is 9.68. The third-order valence-electron chi connectivity index (χ3n) is 4.26. The summed E-state index contributed by atoms with van der Waals surface area (Å²) >= 11 is 0. The van der Waals surface area contributed by atoms with Crippen LogP contribution in [0, 0.1) is 0 Å². The highest BCUT2D eigenvalue weighted by Gasteiger charge is 2.03. The lowest BCUT2D eigenvalue weighted by atomic mass is 10.1. The predicted molar refractivity (Wildman–Crippen MR) is 103 cm³/mol. The minimum absolute atomic E-state index is 0.0276. The van der Waals surface area contributed by atoms with Crippen molar-refractivity contribution >= 4 is 11.6 Å². The van der Waals surface area contributed by atoms with Gasteiger partial charge in [0.1, 0.15) is 0 Å². The first kappa shape index (κ1) is 20.4. The van der Waals surface area contributed by atoms with Crippen LogP contribution in [0.3, 0.4) is 0 Å². The number of carbonyl (C=O) groups excluding carboxylic acids is 1. The molecule has 1 aromatic carbocycles. The van der Waals surface area contributed by atoms with Crippen LogP contribution >= 0.6 is 0 Å². The number of unbranched alkanes of at least 4 members (excludes halogenated alkanes) is 8. The predicted octanol–water partition coefficient (Wildman–Crippen LogP) is 5.84. The third kappa shape index (κ3) is 9.49. The average molecular weight is 331 g/mol. The van der Waals surface area contributed by atoms with Gasteiger partial charge in [-0.05, 0) is 18.4 Å². The van der Waals surface area contributed by atoms with Gasteiger partial charge in [-0.15, -0.1) is 0 Å². The standard InChI is InChI=1S/C21H34N2O/c1-3-5-6-7-8-9-10-11-15-18-21(24)23-22-20(4-2)19-16-13-12-14-17-19/h12-14,16-17H,3-11,15,18H2,1-2H3,(H,23,24). The molecule has 0 saturated heterocycles. The van der Waals surface area contributed by atoms with Crippen molar-refractivity contribution in [2.24, 2.45) is 5.10 Å². The molecule has 0 atom stereocenters. The van der Waals surface area contributed by atoms with Gasteiger partial charge in [-0.2, -0.15) is 5.10 Å². The molecular weight excluding hydrogens is 296 g/mol. The molecule has 1 rings (SSSR count). The van der Waals surface area contributed by atoms with Crippen molar-refractivity contribution in [3.63, 3.8) is 0 Å². The second-order valence-corrected chi connectivity index (χ2v) is 6.39. The third-order valence-corrected chi connectivity index (χ3v) is 4.26. The fourth-order valence-corrected chi connectivity index (χ4v) is 2.76. The molecule has 1 N–H and O–H groups in total. The second kappa shape index (κ2) is 13.8. The molecule has 0 aliphatic carbocycles. The molecule has 0 aromatic heterocycles. The van der Waals surface area contributed by atoms with Crippen molar-refractivity contribution in [2.45, 2.75) is 84.5 Å². The number of nitrogens with one attached hydrogen (secondary N) is 1. The lowest BCUT2D eigenvalue weighted by molar-refractivity contribution is -0.121. The molecule has 0 saturated carbocycles. The van der Waals surface area contributed by atoms with E-state index in [0.29, 0.717) is 6.42 Å². The van der Waals surface area contributed by atoms with Crippen molar-refractivity contribution < 1.29 is 4.79 Å². The number of nitrogens with zero attached hydrogens (tertiary/aromatic N) is 1. The lowest BCUT2D eigenvalue weighted by Crippen LogP contribution is -2.19. The van der Waals surface area contributed by atoms with Crippen LogP contribution in [0.5, 0.6) is 0 Å². The summed E-state index contributed by atoms with van der Waals surface area (Å²) in [6, 6.07) is 10.0. The fourth-order valence-electron chi connectivity index (χ4n) is 2.76. The van der Waals surface area contributed by atoms with Gasteiger partial charge in [0.25, 0.3) is 0 Å². The molecule has 0 heterocycles. The van der Waals surface area contributed by atoms with E-state index >= 15 is 0 Å². The first-order chi connectivity index (χ1) is 11.8. The van der Waals surface area contributed by atoms with Crippen LogP contribution in [0.25, 0.3) is 0 Å². The number of amides is 1. The van der Waals surface area contributed by atoms with E-state index in [2.05, 4.69) is 24.4 Å². The zero-order valence-electron chi connectivity index (χ0n) is 15.5. The van der Waals surface area contributed by atoms with E-state index in [-0.39, 0.29) is 5.91 Å². The molecule has 0 fully saturated rings. The van der Waals surface area contributed by atoms with Crippen molar-refractivity contribution in [3.8, 4) is 0 Å². The number of rotatable bonds is 13. The van der Waals surface area contributed by atoms with Gasteiger partial charge < -0.3 is 0 Å². The molecule has 1 aromatic rings. The molecule has 3 heteroatoms. The molecular formula is C21H34N2O. The average Bonchev–Trinajstić information content (AvgIpc) is 2.62. The molecule has 3 nitrogen and oxygen atoms in total. The van der Waals surface area contributed by atoms with E-state index in [9.17, 15) is 4.79 Å². The van der Waals surface area contributed by atoms with Gasteiger partial charge in [-0.1, -0.05) is 95.5 Å². The highest BCUT2D eigenvalue weighted by Crippen LogP contribution is 2.10. The van der Waals surface area contributed by atoms with Gasteiger partial charge in [-0.25, -0.2) is 5.43 Å². The summed E-state index contributed by atoms with van der Waals surface area (Å²) in [7, 11) is 0. The summed E-state index contributed by atoms with van der Waals surface area (Å²) in [5, 5.41) is 4.29. The lowest BCUT2D eigenvalue weighted by Gasteiger charge is -2.05. The largest absolute Gasteiger partial charge is 0.273 e. The van der Waals surface area contributed by atoms with Gasteiger partial charge in [0, 0.05) is 6.42 Å². The zero-order chi connectivity index (χ0) is 17.5. The first-order valence-corrected chi connectivity index (χ1v) is 9.68. The maximum absolute atomic E-state index is 11.9. The number of hydrazone groups is 1. The summed E-state index contributed by atoms with van der Waals surface area (Å²) in [6.07, 6.45) is 12.8. The molecule has 0 radical (unpaired) electrons. The van der Waals surface area contributed by atoms with E-state index in [0.717, 1.165) is 30.5 Å². The van der Waals surface area contributed by atoms with E-state index in [4.69, 9.17) is 0 Å². The maximum atomic E-state index is 11.9. The van der Waals surface area contributed by atoms with Gasteiger partial charge in [0.2, 0.25) is 5.91 Å². The minimum Gasteiger partial charge on any atom is -0.273 e. The van der Waals surface area contributed by atoms with Crippen molar-refractivity contribution in [3.05, 3.63) is 35.9 Å². The molecule has 0 aliphatic heterocycles. The topological polar surface area (TPSA) is 41.5 Å². The summed E-state index contributed by atoms with van der Waals surface area (Å²) in [5.74, 6) is 0.0276. The monoisotopic (exact) mass is 330 g/mol. The Bertz CT molecular complexity index is 468. The maximum Gasteiger partial charge on any atom is 0.240 e. The van der Waals surface area contributed by atoms with Crippen LogP contribution in [0.2, 0.25) is 0 Å². The molecule has 0 unspecified atom stereocenters. The summed E-state index contributed by atoms with van der Waals surface area (Å²) in [6.45, 7) is 4.30. The molecule has 1 amide bonds. The zero-order valence-corrected chi connectivity index (χ0v) is 15.5. The Kier molecular flexibility index (Phi) is 11.7. The van der Waals surface area contributed by atoms with Crippen molar-refractivity contribution in [1.82, 2.24) is 5.43 Å². The molecule has 0 spiro atoms. The summed E-state index contributed by atoms with van der Waals surface area (Å²) in [4.78, 5) is 11.9. The molecule has 134 valence electrons. The fraction of sp³-hybridized carbons (Fsp3) is 0.619. The number of benzene rings is 1. The number of hydrogen-bond donors (Lipinski definition) is 1. The highest BCUT2D eigenvalue weighted by atomic mass is 16.2. The van der Waals surface area contributed by atoms with E-state index in [1.165, 1.54) is 44.9 Å². The van der Waals surface area contributed by atoms with Crippen LogP contribution < -0.4 is 5.43 Å². The normalized spacial score (nSPS) is 11.5. The van der Waals surface area contributed by atoms with Crippen LogP contribution in [0.1, 0.15) is 90.0 Å². The second-order valence-electron chi connectivity index (χ2n) is 6.39. The summed E-state index contributed by atoms with van der Waals surface area (Å²) < 4.78 is 0.